The van der Waals surface area contributed by atoms with Gasteiger partial charge in [-0.1, -0.05) is 24.3 Å². The van der Waals surface area contributed by atoms with Crippen molar-refractivity contribution in [1.82, 2.24) is 15.5 Å². The predicted molar refractivity (Wildman–Crippen MR) is 135 cm³/mol. The van der Waals surface area contributed by atoms with E-state index in [1.54, 1.807) is 7.05 Å². The Morgan fingerprint density at radius 1 is 0.939 bits per heavy atom. The summed E-state index contributed by atoms with van der Waals surface area (Å²) < 4.78 is 37.9. The van der Waals surface area contributed by atoms with Crippen molar-refractivity contribution < 1.29 is 18.0 Å². The van der Waals surface area contributed by atoms with Gasteiger partial charge in [-0.2, -0.15) is 13.2 Å². The van der Waals surface area contributed by atoms with Gasteiger partial charge in [0.15, 0.2) is 5.96 Å². The Kier molecular flexibility index (Phi) is 10.5. The third-order valence-corrected chi connectivity index (χ3v) is 5.52. The second-order valence-corrected chi connectivity index (χ2v) is 7.85. The van der Waals surface area contributed by atoms with Crippen LogP contribution >= 0.6 is 24.0 Å². The highest BCUT2D eigenvalue weighted by Crippen LogP contribution is 2.29. The maximum atomic E-state index is 12.6. The number of hydrogen-bond donors (Lipinski definition) is 2. The van der Waals surface area contributed by atoms with Crippen LogP contribution in [0.2, 0.25) is 0 Å². The summed E-state index contributed by atoms with van der Waals surface area (Å²) in [4.78, 5) is 18.6. The molecule has 1 saturated heterocycles. The van der Waals surface area contributed by atoms with Gasteiger partial charge in [0.1, 0.15) is 0 Å². The Morgan fingerprint density at radius 2 is 1.55 bits per heavy atom. The van der Waals surface area contributed by atoms with E-state index >= 15 is 0 Å². The molecule has 9 heteroatoms. The molecule has 0 saturated carbocycles. The highest BCUT2D eigenvalue weighted by Gasteiger charge is 2.29. The molecule has 5 nitrogen and oxygen atoms in total. The average molecular weight is 574 g/mol. The van der Waals surface area contributed by atoms with E-state index in [2.05, 4.69) is 15.6 Å². The normalized spacial score (nSPS) is 14.4. The van der Waals surface area contributed by atoms with E-state index in [0.29, 0.717) is 31.0 Å². The van der Waals surface area contributed by atoms with Gasteiger partial charge in [-0.05, 0) is 61.1 Å². The molecular formula is C24H30F3IN4O. The van der Waals surface area contributed by atoms with Crippen molar-refractivity contribution in [3.8, 4) is 0 Å². The van der Waals surface area contributed by atoms with E-state index in [0.717, 1.165) is 49.2 Å². The molecule has 0 unspecified atom stereocenters. The fourth-order valence-corrected chi connectivity index (χ4v) is 3.64. The van der Waals surface area contributed by atoms with Crippen molar-refractivity contribution in [2.24, 2.45) is 4.99 Å². The Labute approximate surface area is 209 Å². The number of rotatable bonds is 6. The van der Waals surface area contributed by atoms with E-state index in [4.69, 9.17) is 0 Å². The van der Waals surface area contributed by atoms with Crippen LogP contribution in [0, 0.1) is 0 Å². The monoisotopic (exact) mass is 574 g/mol. The predicted octanol–water partition coefficient (Wildman–Crippen LogP) is 4.86. The van der Waals surface area contributed by atoms with Crippen LogP contribution in [-0.4, -0.2) is 43.4 Å². The van der Waals surface area contributed by atoms with Crippen molar-refractivity contribution in [3.05, 3.63) is 70.8 Å². The Morgan fingerprint density at radius 3 is 2.12 bits per heavy atom. The van der Waals surface area contributed by atoms with Crippen LogP contribution in [0.3, 0.4) is 0 Å². The molecule has 0 aliphatic carbocycles. The SMILES string of the molecule is CN=C(NCCc1ccc(C(F)(F)F)cc1)NCc1ccc(C(=O)N2CCCCC2)cc1.I. The largest absolute Gasteiger partial charge is 0.416 e. The van der Waals surface area contributed by atoms with Crippen molar-refractivity contribution in [2.75, 3.05) is 26.7 Å². The second kappa shape index (κ2) is 12.8. The highest BCUT2D eigenvalue weighted by molar-refractivity contribution is 14.0. The van der Waals surface area contributed by atoms with E-state index in [9.17, 15) is 18.0 Å². The molecule has 3 rings (SSSR count). The first-order chi connectivity index (χ1) is 15.4. The molecule has 0 radical (unpaired) electrons. The molecule has 0 aromatic heterocycles. The van der Waals surface area contributed by atoms with Crippen molar-refractivity contribution in [2.45, 2.75) is 38.4 Å². The van der Waals surface area contributed by atoms with E-state index in [1.807, 2.05) is 29.2 Å². The molecule has 0 atom stereocenters. The van der Waals surface area contributed by atoms with Gasteiger partial charge in [-0.3, -0.25) is 9.79 Å². The zero-order valence-corrected chi connectivity index (χ0v) is 21.0. The number of piperidine rings is 1. The van der Waals surface area contributed by atoms with Crippen LogP contribution < -0.4 is 10.6 Å². The number of aliphatic imine (C=N–C) groups is 1. The molecule has 1 heterocycles. The highest BCUT2D eigenvalue weighted by atomic mass is 127. The van der Waals surface area contributed by atoms with Crippen LogP contribution in [0.1, 0.15) is 46.3 Å². The lowest BCUT2D eigenvalue weighted by Gasteiger charge is -2.26. The molecule has 1 fully saturated rings. The molecule has 33 heavy (non-hydrogen) atoms. The van der Waals surface area contributed by atoms with Crippen LogP contribution in [0.5, 0.6) is 0 Å². The average Bonchev–Trinajstić information content (AvgIpc) is 2.81. The zero-order chi connectivity index (χ0) is 23.0. The van der Waals surface area contributed by atoms with Gasteiger partial charge in [0.2, 0.25) is 0 Å². The molecule has 1 amide bonds. The van der Waals surface area contributed by atoms with Crippen molar-refractivity contribution in [3.63, 3.8) is 0 Å². The fourth-order valence-electron chi connectivity index (χ4n) is 3.64. The van der Waals surface area contributed by atoms with E-state index in [1.165, 1.54) is 18.6 Å². The molecule has 1 aliphatic heterocycles. The van der Waals surface area contributed by atoms with Gasteiger partial charge in [-0.25, -0.2) is 0 Å². The summed E-state index contributed by atoms with van der Waals surface area (Å²) in [5.74, 6) is 0.690. The first-order valence-electron chi connectivity index (χ1n) is 10.9. The first-order valence-corrected chi connectivity index (χ1v) is 10.9. The van der Waals surface area contributed by atoms with Gasteiger partial charge in [-0.15, -0.1) is 24.0 Å². The number of hydrogen-bond acceptors (Lipinski definition) is 2. The van der Waals surface area contributed by atoms with Gasteiger partial charge in [0.25, 0.3) is 5.91 Å². The van der Waals surface area contributed by atoms with E-state index in [-0.39, 0.29) is 29.9 Å². The number of halogens is 4. The quantitative estimate of drug-likeness (QED) is 0.295. The Balaban J connectivity index is 0.00000385. The van der Waals surface area contributed by atoms with Crippen LogP contribution in [0.25, 0.3) is 0 Å². The minimum Gasteiger partial charge on any atom is -0.356 e. The summed E-state index contributed by atoms with van der Waals surface area (Å²) in [5.41, 5.74) is 1.89. The van der Waals surface area contributed by atoms with Crippen LogP contribution in [0.4, 0.5) is 13.2 Å². The maximum absolute atomic E-state index is 12.6. The minimum atomic E-state index is -4.32. The number of carbonyl (C=O) groups is 1. The fraction of sp³-hybridized carbons (Fsp3) is 0.417. The molecule has 0 spiro atoms. The number of nitrogens with zero attached hydrogens (tertiary/aromatic N) is 2. The smallest absolute Gasteiger partial charge is 0.356 e. The van der Waals surface area contributed by atoms with Gasteiger partial charge in [0, 0.05) is 38.8 Å². The molecule has 2 N–H and O–H groups in total. The maximum Gasteiger partial charge on any atom is 0.416 e. The Hall–Kier alpha value is -2.30. The zero-order valence-electron chi connectivity index (χ0n) is 18.6. The lowest BCUT2D eigenvalue weighted by molar-refractivity contribution is -0.137. The van der Waals surface area contributed by atoms with Crippen molar-refractivity contribution >= 4 is 35.8 Å². The van der Waals surface area contributed by atoms with Crippen LogP contribution in [0.15, 0.2) is 53.5 Å². The number of likely N-dealkylation sites (tertiary alicyclic amines) is 1. The molecule has 180 valence electrons. The third kappa shape index (κ3) is 8.21. The minimum absolute atomic E-state index is 0. The van der Waals surface area contributed by atoms with Crippen molar-refractivity contribution in [1.29, 1.82) is 0 Å². The number of alkyl halides is 3. The molecule has 0 bridgehead atoms. The lowest BCUT2D eigenvalue weighted by atomic mass is 10.1. The molecule has 1 aliphatic rings. The van der Waals surface area contributed by atoms with Crippen LogP contribution in [-0.2, 0) is 19.1 Å². The Bertz CT molecular complexity index is 909. The summed E-state index contributed by atoms with van der Waals surface area (Å²) in [6.07, 6.45) is -0.417. The number of guanidine groups is 1. The molecule has 2 aromatic rings. The first kappa shape index (κ1) is 26.9. The van der Waals surface area contributed by atoms with E-state index < -0.39 is 11.7 Å². The summed E-state index contributed by atoms with van der Waals surface area (Å²) >= 11 is 0. The number of carbonyl (C=O) groups excluding carboxylic acids is 1. The van der Waals surface area contributed by atoms with Gasteiger partial charge >= 0.3 is 6.18 Å². The topological polar surface area (TPSA) is 56.7 Å². The number of amides is 1. The molecular weight excluding hydrogens is 544 g/mol. The van der Waals surface area contributed by atoms with Gasteiger partial charge < -0.3 is 15.5 Å². The lowest BCUT2D eigenvalue weighted by Crippen LogP contribution is -2.38. The standard InChI is InChI=1S/C24H29F3N4O.HI/c1-28-23(29-14-13-18-7-11-21(12-8-18)24(25,26)27)30-17-19-5-9-20(10-6-19)22(32)31-15-3-2-4-16-31;/h5-12H,2-4,13-17H2,1H3,(H2,28,29,30);1H. The number of benzene rings is 2. The third-order valence-electron chi connectivity index (χ3n) is 5.52. The summed E-state index contributed by atoms with van der Waals surface area (Å²) in [5, 5.41) is 6.37. The second-order valence-electron chi connectivity index (χ2n) is 7.85. The summed E-state index contributed by atoms with van der Waals surface area (Å²) in [7, 11) is 1.66. The van der Waals surface area contributed by atoms with Gasteiger partial charge in [0.05, 0.1) is 5.56 Å². The summed E-state index contributed by atoms with van der Waals surface area (Å²) in [6, 6.07) is 12.8. The number of nitrogens with one attached hydrogen (secondary N) is 2. The summed E-state index contributed by atoms with van der Waals surface area (Å²) in [6.45, 7) is 2.74. The molecule has 2 aromatic carbocycles.